The van der Waals surface area contributed by atoms with Gasteiger partial charge in [0.15, 0.2) is 0 Å². The summed E-state index contributed by atoms with van der Waals surface area (Å²) in [5.41, 5.74) is 2.42. The summed E-state index contributed by atoms with van der Waals surface area (Å²) >= 11 is 0. The topological polar surface area (TPSA) is 26.3 Å². The molecule has 0 aromatic heterocycles. The summed E-state index contributed by atoms with van der Waals surface area (Å²) in [5, 5.41) is 0. The summed E-state index contributed by atoms with van der Waals surface area (Å²) in [4.78, 5) is 11.0. The van der Waals surface area contributed by atoms with Crippen LogP contribution in [-0.4, -0.2) is 5.97 Å². The number of ether oxygens (including phenoxy) is 1. The number of allylic oxidation sites excluding steroid dienone is 1. The van der Waals surface area contributed by atoms with Crippen LogP contribution in [0.15, 0.2) is 30.0 Å². The molecule has 0 spiro atoms. The molecule has 2 aliphatic rings. The first-order valence-corrected chi connectivity index (χ1v) is 4.36. The van der Waals surface area contributed by atoms with Gasteiger partial charge >= 0.3 is 5.97 Å². The molecule has 1 atom stereocenters. The van der Waals surface area contributed by atoms with Crippen molar-refractivity contribution in [2.45, 2.75) is 12.3 Å². The van der Waals surface area contributed by atoms with Crippen LogP contribution >= 0.6 is 0 Å². The Hall–Kier alpha value is -1.57. The van der Waals surface area contributed by atoms with E-state index in [1.165, 1.54) is 11.1 Å². The molecule has 2 nitrogen and oxygen atoms in total. The molecule has 64 valence electrons. The number of fused-ring (bicyclic) bond motifs is 3. The second-order valence-corrected chi connectivity index (χ2v) is 3.41. The Morgan fingerprint density at radius 2 is 2.15 bits per heavy atom. The van der Waals surface area contributed by atoms with Crippen molar-refractivity contribution in [2.24, 2.45) is 0 Å². The lowest BCUT2D eigenvalue weighted by Gasteiger charge is -2.02. The number of rotatable bonds is 0. The van der Waals surface area contributed by atoms with Crippen molar-refractivity contribution in [1.29, 1.82) is 0 Å². The van der Waals surface area contributed by atoms with Crippen LogP contribution in [0.2, 0.25) is 0 Å². The highest BCUT2D eigenvalue weighted by atomic mass is 16.5. The SMILES string of the molecule is O=C1CC2C(=Cc3ccccc32)O1. The second kappa shape index (κ2) is 2.22. The third-order valence-corrected chi connectivity index (χ3v) is 2.62. The number of esters is 1. The van der Waals surface area contributed by atoms with Gasteiger partial charge in [0.25, 0.3) is 0 Å². The quantitative estimate of drug-likeness (QED) is 0.560. The largest absolute Gasteiger partial charge is 0.430 e. The van der Waals surface area contributed by atoms with E-state index in [0.29, 0.717) is 6.42 Å². The van der Waals surface area contributed by atoms with E-state index >= 15 is 0 Å². The Kier molecular flexibility index (Phi) is 1.18. The van der Waals surface area contributed by atoms with Crippen LogP contribution < -0.4 is 0 Å². The molecule has 1 heterocycles. The molecule has 1 aliphatic carbocycles. The predicted molar refractivity (Wildman–Crippen MR) is 47.9 cm³/mol. The molecule has 0 saturated carbocycles. The Bertz CT molecular complexity index is 418. The van der Waals surface area contributed by atoms with Gasteiger partial charge in [0, 0.05) is 0 Å². The molecule has 1 aromatic rings. The van der Waals surface area contributed by atoms with Crippen LogP contribution in [0.25, 0.3) is 6.08 Å². The number of hydrogen-bond donors (Lipinski definition) is 0. The zero-order valence-corrected chi connectivity index (χ0v) is 6.99. The lowest BCUT2D eigenvalue weighted by atomic mass is 9.98. The zero-order valence-electron chi connectivity index (χ0n) is 6.99. The fraction of sp³-hybridized carbons (Fsp3) is 0.182. The molecule has 1 aliphatic heterocycles. The second-order valence-electron chi connectivity index (χ2n) is 3.41. The van der Waals surface area contributed by atoms with Crippen LogP contribution in [0.4, 0.5) is 0 Å². The van der Waals surface area contributed by atoms with Gasteiger partial charge in [0.2, 0.25) is 0 Å². The molecule has 1 saturated heterocycles. The van der Waals surface area contributed by atoms with Gasteiger partial charge in [-0.3, -0.25) is 4.79 Å². The fourth-order valence-corrected chi connectivity index (χ4v) is 2.02. The smallest absolute Gasteiger partial charge is 0.311 e. The minimum atomic E-state index is -0.106. The van der Waals surface area contributed by atoms with Gasteiger partial charge in [0.05, 0.1) is 12.3 Å². The minimum absolute atomic E-state index is 0.106. The van der Waals surface area contributed by atoms with E-state index in [4.69, 9.17) is 4.74 Å². The number of hydrogen-bond acceptors (Lipinski definition) is 2. The highest BCUT2D eigenvalue weighted by Gasteiger charge is 2.35. The maximum atomic E-state index is 11.0. The van der Waals surface area contributed by atoms with Crippen molar-refractivity contribution in [1.82, 2.24) is 0 Å². The lowest BCUT2D eigenvalue weighted by molar-refractivity contribution is -0.135. The van der Waals surface area contributed by atoms with E-state index in [-0.39, 0.29) is 11.9 Å². The van der Waals surface area contributed by atoms with Crippen LogP contribution in [0, 0.1) is 0 Å². The third-order valence-electron chi connectivity index (χ3n) is 2.62. The molecule has 0 radical (unpaired) electrons. The summed E-state index contributed by atoms with van der Waals surface area (Å²) < 4.78 is 5.09. The van der Waals surface area contributed by atoms with E-state index in [9.17, 15) is 4.79 Å². The molecule has 0 bridgehead atoms. The van der Waals surface area contributed by atoms with Gasteiger partial charge in [-0.2, -0.15) is 0 Å². The maximum absolute atomic E-state index is 11.0. The molecule has 3 rings (SSSR count). The van der Waals surface area contributed by atoms with Gasteiger partial charge < -0.3 is 4.74 Å². The molecule has 1 fully saturated rings. The molecule has 1 aromatic carbocycles. The monoisotopic (exact) mass is 172 g/mol. The molecule has 0 amide bonds. The average molecular weight is 172 g/mol. The summed E-state index contributed by atoms with van der Waals surface area (Å²) in [6.07, 6.45) is 2.47. The lowest BCUT2D eigenvalue weighted by Crippen LogP contribution is -1.93. The van der Waals surface area contributed by atoms with Crippen LogP contribution in [-0.2, 0) is 9.53 Å². The number of carbonyl (C=O) groups is 1. The first-order chi connectivity index (χ1) is 6.34. The van der Waals surface area contributed by atoms with Crippen molar-refractivity contribution >= 4 is 12.0 Å². The highest BCUT2D eigenvalue weighted by Crippen LogP contribution is 2.43. The van der Waals surface area contributed by atoms with Crippen molar-refractivity contribution in [3.8, 4) is 0 Å². The third kappa shape index (κ3) is 0.856. The van der Waals surface area contributed by atoms with Crippen LogP contribution in [0.5, 0.6) is 0 Å². The van der Waals surface area contributed by atoms with Crippen molar-refractivity contribution in [3.63, 3.8) is 0 Å². The molecule has 2 heteroatoms. The van der Waals surface area contributed by atoms with E-state index in [2.05, 4.69) is 12.1 Å². The standard InChI is InChI=1S/C11H8O2/c12-11-6-9-8-4-2-1-3-7(8)5-10(9)13-11/h1-5,9H,6H2. The van der Waals surface area contributed by atoms with Crippen LogP contribution in [0.1, 0.15) is 23.5 Å². The molecule has 13 heavy (non-hydrogen) atoms. The molecule has 1 unspecified atom stereocenters. The van der Waals surface area contributed by atoms with E-state index in [1.54, 1.807) is 0 Å². The molecular weight excluding hydrogens is 164 g/mol. The van der Waals surface area contributed by atoms with Crippen molar-refractivity contribution in [2.75, 3.05) is 0 Å². The summed E-state index contributed by atoms with van der Waals surface area (Å²) in [6, 6.07) is 8.11. The zero-order chi connectivity index (χ0) is 8.84. The molecular formula is C11H8O2. The van der Waals surface area contributed by atoms with Crippen LogP contribution in [0.3, 0.4) is 0 Å². The summed E-state index contributed by atoms with van der Waals surface area (Å²) in [6.45, 7) is 0. The Morgan fingerprint density at radius 1 is 1.31 bits per heavy atom. The van der Waals surface area contributed by atoms with E-state index in [1.807, 2.05) is 18.2 Å². The highest BCUT2D eigenvalue weighted by molar-refractivity contribution is 5.81. The van der Waals surface area contributed by atoms with Crippen molar-refractivity contribution < 1.29 is 9.53 Å². The Morgan fingerprint density at radius 3 is 3.08 bits per heavy atom. The Labute approximate surface area is 75.8 Å². The first-order valence-electron chi connectivity index (χ1n) is 4.36. The van der Waals surface area contributed by atoms with Gasteiger partial charge in [0.1, 0.15) is 5.76 Å². The Balaban J connectivity index is 2.14. The van der Waals surface area contributed by atoms with Gasteiger partial charge in [-0.15, -0.1) is 0 Å². The normalized spacial score (nSPS) is 23.5. The summed E-state index contributed by atoms with van der Waals surface area (Å²) in [7, 11) is 0. The first kappa shape index (κ1) is 6.89. The molecule has 0 N–H and O–H groups in total. The summed E-state index contributed by atoms with van der Waals surface area (Å²) in [5.74, 6) is 0.917. The van der Waals surface area contributed by atoms with Gasteiger partial charge in [-0.1, -0.05) is 24.3 Å². The number of benzene rings is 1. The minimum Gasteiger partial charge on any atom is -0.430 e. The number of carbonyl (C=O) groups excluding carboxylic acids is 1. The van der Waals surface area contributed by atoms with Gasteiger partial charge in [-0.25, -0.2) is 0 Å². The average Bonchev–Trinajstić information content (AvgIpc) is 2.60. The van der Waals surface area contributed by atoms with E-state index < -0.39 is 0 Å². The maximum Gasteiger partial charge on any atom is 0.311 e. The fourth-order valence-electron chi connectivity index (χ4n) is 2.02. The van der Waals surface area contributed by atoms with E-state index in [0.717, 1.165) is 5.76 Å². The van der Waals surface area contributed by atoms with Gasteiger partial charge in [-0.05, 0) is 17.2 Å². The predicted octanol–water partition coefficient (Wildman–Crippen LogP) is 2.07. The van der Waals surface area contributed by atoms with Crippen molar-refractivity contribution in [3.05, 3.63) is 41.2 Å².